The van der Waals surface area contributed by atoms with E-state index in [1.807, 2.05) is 0 Å². The van der Waals surface area contributed by atoms with E-state index in [9.17, 15) is 13.2 Å². The molecule has 3 N–H and O–H groups in total. The average Bonchev–Trinajstić information content (AvgIpc) is 2.46. The van der Waals surface area contributed by atoms with Crippen LogP contribution in [-0.2, 0) is 14.8 Å². The van der Waals surface area contributed by atoms with E-state index < -0.39 is 15.9 Å². The van der Waals surface area contributed by atoms with Crippen molar-refractivity contribution >= 4 is 37.5 Å². The minimum absolute atomic E-state index is 0.143. The lowest BCUT2D eigenvalue weighted by molar-refractivity contribution is -0.119. The van der Waals surface area contributed by atoms with E-state index in [0.717, 1.165) is 0 Å². The molecule has 0 heterocycles. The van der Waals surface area contributed by atoms with Crippen LogP contribution in [0.4, 0.5) is 5.69 Å². The van der Waals surface area contributed by atoms with Crippen LogP contribution in [0.2, 0.25) is 0 Å². The normalized spacial score (nSPS) is 11.0. The number of rotatable bonds is 6. The van der Waals surface area contributed by atoms with E-state index in [1.165, 1.54) is 18.2 Å². The molecule has 0 aliphatic heterocycles. The fourth-order valence-electron chi connectivity index (χ4n) is 1.65. The summed E-state index contributed by atoms with van der Waals surface area (Å²) in [6, 6.07) is 12.7. The summed E-state index contributed by atoms with van der Waals surface area (Å²) in [7, 11) is -3.69. The van der Waals surface area contributed by atoms with E-state index >= 15 is 0 Å². The first-order chi connectivity index (χ1) is 10.4. The van der Waals surface area contributed by atoms with Crippen molar-refractivity contribution in [2.45, 2.75) is 4.90 Å². The van der Waals surface area contributed by atoms with Gasteiger partial charge in [0, 0.05) is 10.2 Å². The smallest absolute Gasteiger partial charge is 0.263 e. The maximum Gasteiger partial charge on any atom is 0.263 e. The van der Waals surface area contributed by atoms with Crippen LogP contribution in [0.5, 0.6) is 5.75 Å². The van der Waals surface area contributed by atoms with Crippen LogP contribution >= 0.6 is 15.9 Å². The van der Waals surface area contributed by atoms with Gasteiger partial charge in [-0.3, -0.25) is 9.52 Å². The fraction of sp³-hybridized carbons (Fsp3) is 0.0714. The molecule has 0 saturated heterocycles. The predicted molar refractivity (Wildman–Crippen MR) is 86.1 cm³/mol. The van der Waals surface area contributed by atoms with Gasteiger partial charge in [0.2, 0.25) is 0 Å². The molecule has 0 atom stereocenters. The van der Waals surface area contributed by atoms with Crippen LogP contribution < -0.4 is 15.2 Å². The molecule has 2 rings (SSSR count). The Morgan fingerprint density at radius 1 is 1.14 bits per heavy atom. The maximum atomic E-state index is 12.3. The summed E-state index contributed by atoms with van der Waals surface area (Å²) in [6.45, 7) is -0.234. The average molecular weight is 385 g/mol. The number of carbonyl (C=O) groups is 1. The monoisotopic (exact) mass is 384 g/mol. The van der Waals surface area contributed by atoms with E-state index in [4.69, 9.17) is 10.5 Å². The first-order valence-corrected chi connectivity index (χ1v) is 8.44. The molecule has 2 aromatic rings. The van der Waals surface area contributed by atoms with Crippen LogP contribution in [0.1, 0.15) is 0 Å². The number of nitrogens with two attached hydrogens (primary N) is 1. The lowest BCUT2D eigenvalue weighted by Crippen LogP contribution is -2.20. The van der Waals surface area contributed by atoms with Crippen molar-refractivity contribution in [3.05, 3.63) is 53.0 Å². The van der Waals surface area contributed by atoms with Gasteiger partial charge in [-0.1, -0.05) is 12.1 Å². The highest BCUT2D eigenvalue weighted by molar-refractivity contribution is 9.10. The molecule has 0 bridgehead atoms. The lowest BCUT2D eigenvalue weighted by Gasteiger charge is -2.10. The molecule has 0 unspecified atom stereocenters. The number of carbonyl (C=O) groups excluding carboxylic acids is 1. The topological polar surface area (TPSA) is 98.5 Å². The van der Waals surface area contributed by atoms with Crippen LogP contribution in [0.15, 0.2) is 57.9 Å². The number of anilines is 1. The summed E-state index contributed by atoms with van der Waals surface area (Å²) in [5.41, 5.74) is 5.35. The SMILES string of the molecule is NC(=O)COc1ccc(NS(=O)(=O)c2ccccc2Br)cc1. The Labute approximate surface area is 136 Å². The predicted octanol–water partition coefficient (Wildman–Crippen LogP) is 2.11. The fourth-order valence-corrected chi connectivity index (χ4v) is 3.71. The Morgan fingerprint density at radius 3 is 2.36 bits per heavy atom. The van der Waals surface area contributed by atoms with Gasteiger partial charge in [-0.05, 0) is 52.3 Å². The molecule has 2 aromatic carbocycles. The Kier molecular flexibility index (Phi) is 5.04. The van der Waals surface area contributed by atoms with Crippen molar-refractivity contribution in [1.29, 1.82) is 0 Å². The maximum absolute atomic E-state index is 12.3. The molecule has 116 valence electrons. The summed E-state index contributed by atoms with van der Waals surface area (Å²) in [6.07, 6.45) is 0. The molecule has 0 spiro atoms. The number of hydrogen-bond acceptors (Lipinski definition) is 4. The number of benzene rings is 2. The molecule has 22 heavy (non-hydrogen) atoms. The second-order valence-corrected chi connectivity index (χ2v) is 6.82. The van der Waals surface area contributed by atoms with E-state index in [-0.39, 0.29) is 11.5 Å². The summed E-state index contributed by atoms with van der Waals surface area (Å²) in [5.74, 6) is -0.165. The van der Waals surface area contributed by atoms with Gasteiger partial charge in [-0.2, -0.15) is 0 Å². The molecule has 0 saturated carbocycles. The van der Waals surface area contributed by atoms with Crippen LogP contribution in [-0.4, -0.2) is 20.9 Å². The third-order valence-electron chi connectivity index (χ3n) is 2.61. The van der Waals surface area contributed by atoms with Crippen molar-refractivity contribution in [2.75, 3.05) is 11.3 Å². The summed E-state index contributed by atoms with van der Waals surface area (Å²) < 4.78 is 32.6. The summed E-state index contributed by atoms with van der Waals surface area (Å²) in [4.78, 5) is 10.8. The van der Waals surface area contributed by atoms with Gasteiger partial charge in [0.05, 0.1) is 0 Å². The summed E-state index contributed by atoms with van der Waals surface area (Å²) in [5, 5.41) is 0. The Morgan fingerprint density at radius 2 is 1.77 bits per heavy atom. The molecule has 0 fully saturated rings. The molecule has 0 radical (unpaired) electrons. The van der Waals surface area contributed by atoms with Gasteiger partial charge in [0.1, 0.15) is 10.6 Å². The van der Waals surface area contributed by atoms with Crippen LogP contribution in [0, 0.1) is 0 Å². The van der Waals surface area contributed by atoms with Crippen molar-refractivity contribution in [3.63, 3.8) is 0 Å². The zero-order valence-corrected chi connectivity index (χ0v) is 13.7. The van der Waals surface area contributed by atoms with Crippen molar-refractivity contribution in [3.8, 4) is 5.75 Å². The molecular formula is C14H13BrN2O4S. The van der Waals surface area contributed by atoms with E-state index in [1.54, 1.807) is 30.3 Å². The number of ether oxygens (including phenoxy) is 1. The first kappa shape index (κ1) is 16.3. The molecule has 0 aromatic heterocycles. The minimum atomic E-state index is -3.69. The second kappa shape index (κ2) is 6.80. The number of nitrogens with one attached hydrogen (secondary N) is 1. The highest BCUT2D eigenvalue weighted by Crippen LogP contribution is 2.24. The molecule has 1 amide bonds. The third-order valence-corrected chi connectivity index (χ3v) is 5.01. The molecule has 0 aliphatic carbocycles. The van der Waals surface area contributed by atoms with Gasteiger partial charge in [0.25, 0.3) is 15.9 Å². The lowest BCUT2D eigenvalue weighted by atomic mass is 10.3. The van der Waals surface area contributed by atoms with E-state index in [0.29, 0.717) is 15.9 Å². The van der Waals surface area contributed by atoms with Crippen molar-refractivity contribution in [1.82, 2.24) is 0 Å². The molecule has 6 nitrogen and oxygen atoms in total. The zero-order valence-electron chi connectivity index (χ0n) is 11.3. The Balaban J connectivity index is 2.13. The Bertz CT molecular complexity index is 776. The second-order valence-electron chi connectivity index (χ2n) is 4.32. The van der Waals surface area contributed by atoms with Crippen LogP contribution in [0.3, 0.4) is 0 Å². The third kappa shape index (κ3) is 4.22. The zero-order chi connectivity index (χ0) is 16.2. The van der Waals surface area contributed by atoms with Crippen molar-refractivity contribution in [2.24, 2.45) is 5.73 Å². The van der Waals surface area contributed by atoms with Crippen LogP contribution in [0.25, 0.3) is 0 Å². The number of primary amides is 1. The number of halogens is 1. The van der Waals surface area contributed by atoms with Gasteiger partial charge in [-0.15, -0.1) is 0 Å². The number of sulfonamides is 1. The molecule has 8 heteroatoms. The van der Waals surface area contributed by atoms with Gasteiger partial charge in [0.15, 0.2) is 6.61 Å². The number of amides is 1. The highest BCUT2D eigenvalue weighted by atomic mass is 79.9. The highest BCUT2D eigenvalue weighted by Gasteiger charge is 2.17. The van der Waals surface area contributed by atoms with Gasteiger partial charge < -0.3 is 10.5 Å². The first-order valence-electron chi connectivity index (χ1n) is 6.17. The summed E-state index contributed by atoms with van der Waals surface area (Å²) >= 11 is 3.21. The number of hydrogen-bond donors (Lipinski definition) is 2. The molecular weight excluding hydrogens is 372 g/mol. The van der Waals surface area contributed by atoms with Gasteiger partial charge >= 0.3 is 0 Å². The van der Waals surface area contributed by atoms with E-state index in [2.05, 4.69) is 20.7 Å². The Hall–Kier alpha value is -2.06. The minimum Gasteiger partial charge on any atom is -0.484 e. The quantitative estimate of drug-likeness (QED) is 0.796. The molecule has 0 aliphatic rings. The van der Waals surface area contributed by atoms with Gasteiger partial charge in [-0.25, -0.2) is 8.42 Å². The van der Waals surface area contributed by atoms with Crippen molar-refractivity contribution < 1.29 is 17.9 Å². The largest absolute Gasteiger partial charge is 0.484 e. The standard InChI is InChI=1S/C14H13BrN2O4S/c15-12-3-1-2-4-13(12)22(19,20)17-10-5-7-11(8-6-10)21-9-14(16)18/h1-8,17H,9H2,(H2,16,18).